The molecule has 19 heavy (non-hydrogen) atoms. The van der Waals surface area contributed by atoms with Crippen LogP contribution in [0.3, 0.4) is 0 Å². The summed E-state index contributed by atoms with van der Waals surface area (Å²) in [4.78, 5) is 12.3. The molecule has 3 atom stereocenters. The summed E-state index contributed by atoms with van der Waals surface area (Å²) in [6, 6.07) is 1.89. The van der Waals surface area contributed by atoms with Gasteiger partial charge in [0.2, 0.25) is 0 Å². The molecule has 1 aromatic rings. The first-order valence-electron chi connectivity index (χ1n) is 5.25. The zero-order valence-electron chi connectivity index (χ0n) is 10.1. The Balaban J connectivity index is 0.00000324. The molecule has 1 heterocycles. The highest BCUT2D eigenvalue weighted by atomic mass is 35.5. The van der Waals surface area contributed by atoms with Gasteiger partial charge in [-0.3, -0.25) is 4.79 Å². The Morgan fingerprint density at radius 2 is 2.11 bits per heavy atom. The third-order valence-corrected chi connectivity index (χ3v) is 3.48. The molecular weight excluding hydrogens is 303 g/mol. The maximum Gasteiger partial charge on any atom is 0.310 e. The van der Waals surface area contributed by atoms with Crippen molar-refractivity contribution < 1.29 is 22.7 Å². The molecule has 0 aliphatic carbocycles. The molecule has 0 fully saturated rings. The molecule has 1 rings (SSSR count). The van der Waals surface area contributed by atoms with E-state index in [-0.39, 0.29) is 18.8 Å². The van der Waals surface area contributed by atoms with Gasteiger partial charge in [0.25, 0.3) is 6.43 Å². The molecule has 3 unspecified atom stereocenters. The quantitative estimate of drug-likeness (QED) is 0.820. The molecule has 0 saturated heterocycles. The van der Waals surface area contributed by atoms with Gasteiger partial charge in [-0.15, -0.1) is 23.7 Å². The van der Waals surface area contributed by atoms with Gasteiger partial charge in [-0.05, 0) is 17.9 Å². The summed E-state index contributed by atoms with van der Waals surface area (Å²) in [6.07, 6.45) is -5.66. The van der Waals surface area contributed by atoms with Gasteiger partial charge in [0, 0.05) is 4.88 Å². The number of hydrogen-bond donors (Lipinski definition) is 1. The third kappa shape index (κ3) is 5.00. The van der Waals surface area contributed by atoms with Crippen molar-refractivity contribution in [1.82, 2.24) is 0 Å². The Morgan fingerprint density at radius 3 is 2.53 bits per heavy atom. The topological polar surface area (TPSA) is 52.3 Å². The number of carbonyl (C=O) groups excluding carboxylic acids is 1. The molecule has 0 saturated carbocycles. The number of hydrogen-bond acceptors (Lipinski definition) is 4. The van der Waals surface area contributed by atoms with E-state index in [1.807, 2.05) is 0 Å². The van der Waals surface area contributed by atoms with Crippen LogP contribution >= 0.6 is 23.7 Å². The van der Waals surface area contributed by atoms with Gasteiger partial charge in [-0.25, -0.2) is 13.2 Å². The summed E-state index contributed by atoms with van der Waals surface area (Å²) < 4.78 is 42.3. The van der Waals surface area contributed by atoms with Gasteiger partial charge in [-0.1, -0.05) is 6.07 Å². The van der Waals surface area contributed by atoms with Crippen molar-refractivity contribution in [3.63, 3.8) is 0 Å². The van der Waals surface area contributed by atoms with Crippen LogP contribution < -0.4 is 5.73 Å². The van der Waals surface area contributed by atoms with Gasteiger partial charge in [0.05, 0.1) is 19.1 Å². The lowest BCUT2D eigenvalue weighted by Crippen LogP contribution is -2.47. The molecule has 0 spiro atoms. The van der Waals surface area contributed by atoms with Gasteiger partial charge in [0.1, 0.15) is 0 Å². The first-order chi connectivity index (χ1) is 8.47. The summed E-state index contributed by atoms with van der Waals surface area (Å²) in [5.74, 6) is -1.89. The van der Waals surface area contributed by atoms with E-state index in [9.17, 15) is 18.0 Å². The van der Waals surface area contributed by atoms with Gasteiger partial charge < -0.3 is 10.5 Å². The summed E-state index contributed by atoms with van der Waals surface area (Å²) >= 11 is 1.34. The molecule has 0 amide bonds. The Hall–Kier alpha value is -0.790. The Morgan fingerprint density at radius 1 is 1.47 bits per heavy atom. The first kappa shape index (κ1) is 18.2. The van der Waals surface area contributed by atoms with Crippen molar-refractivity contribution in [2.24, 2.45) is 11.7 Å². The Bertz CT molecular complexity index is 378. The second kappa shape index (κ2) is 8.39. The Kier molecular flexibility index (Phi) is 8.05. The van der Waals surface area contributed by atoms with Crippen LogP contribution in [0.4, 0.5) is 13.2 Å². The van der Waals surface area contributed by atoms with Crippen LogP contribution in [0.15, 0.2) is 17.5 Å². The van der Waals surface area contributed by atoms with Crippen molar-refractivity contribution in [1.29, 1.82) is 0 Å². The van der Waals surface area contributed by atoms with Gasteiger partial charge in [-0.2, -0.15) is 0 Å². The molecule has 2 N–H and O–H groups in total. The number of thiophene rings is 1. The molecule has 0 aliphatic rings. The van der Waals surface area contributed by atoms with Crippen molar-refractivity contribution in [3.8, 4) is 0 Å². The molecule has 0 bridgehead atoms. The fraction of sp³-hybridized carbons (Fsp3) is 0.545. The van der Waals surface area contributed by atoms with Crippen LogP contribution in [-0.2, 0) is 16.0 Å². The van der Waals surface area contributed by atoms with E-state index in [0.717, 1.165) is 12.0 Å². The van der Waals surface area contributed by atoms with Crippen molar-refractivity contribution in [2.45, 2.75) is 25.1 Å². The molecule has 1 aromatic heterocycles. The summed E-state index contributed by atoms with van der Waals surface area (Å²) in [6.45, 7) is 0. The molecule has 8 heteroatoms. The lowest BCUT2D eigenvalue weighted by atomic mass is 9.92. The normalized spacial score (nSPS) is 15.5. The third-order valence-electron chi connectivity index (χ3n) is 2.58. The zero-order chi connectivity index (χ0) is 13.7. The number of nitrogens with two attached hydrogens (primary N) is 1. The molecule has 0 radical (unpaired) electrons. The smallest absolute Gasteiger partial charge is 0.310 e. The maximum absolute atomic E-state index is 13.2. The van der Waals surface area contributed by atoms with E-state index in [2.05, 4.69) is 4.74 Å². The highest BCUT2D eigenvalue weighted by molar-refractivity contribution is 7.09. The largest absolute Gasteiger partial charge is 0.469 e. The van der Waals surface area contributed by atoms with Gasteiger partial charge in [0.15, 0.2) is 6.17 Å². The number of halogens is 4. The number of rotatable bonds is 6. The fourth-order valence-corrected chi connectivity index (χ4v) is 2.33. The number of esters is 1. The van der Waals surface area contributed by atoms with Crippen LogP contribution in [0.1, 0.15) is 4.88 Å². The van der Waals surface area contributed by atoms with Crippen LogP contribution in [0.5, 0.6) is 0 Å². The molecule has 110 valence electrons. The average molecular weight is 318 g/mol. The number of methoxy groups -OCH3 is 1. The minimum absolute atomic E-state index is 0. The standard InChI is InChI=1S/C11H14F3NO2S.ClH/c1-17-11(16)7(5-6-3-2-4-18-6)9(15)8(12)10(13)14;/h2-4,7-10H,5,15H2,1H3;1H. The van der Waals surface area contributed by atoms with Crippen LogP contribution in [0.25, 0.3) is 0 Å². The maximum atomic E-state index is 13.2. The van der Waals surface area contributed by atoms with Gasteiger partial charge >= 0.3 is 5.97 Å². The second-order valence-corrected chi connectivity index (χ2v) is 4.80. The average Bonchev–Trinajstić information content (AvgIpc) is 2.86. The molecular formula is C11H15ClF3NO2S. The summed E-state index contributed by atoms with van der Waals surface area (Å²) in [5.41, 5.74) is 5.40. The molecule has 3 nitrogen and oxygen atoms in total. The van der Waals surface area contributed by atoms with Crippen molar-refractivity contribution in [2.75, 3.05) is 7.11 Å². The zero-order valence-corrected chi connectivity index (χ0v) is 11.7. The minimum atomic E-state index is -3.21. The van der Waals surface area contributed by atoms with E-state index >= 15 is 0 Å². The highest BCUT2D eigenvalue weighted by Gasteiger charge is 2.37. The van der Waals surface area contributed by atoms with Crippen LogP contribution in [0.2, 0.25) is 0 Å². The first-order valence-corrected chi connectivity index (χ1v) is 6.13. The van der Waals surface area contributed by atoms with E-state index in [1.54, 1.807) is 17.5 Å². The fourth-order valence-electron chi connectivity index (χ4n) is 1.56. The lowest BCUT2D eigenvalue weighted by Gasteiger charge is -2.23. The number of alkyl halides is 3. The molecule has 0 aromatic carbocycles. The van der Waals surface area contributed by atoms with E-state index < -0.39 is 30.5 Å². The van der Waals surface area contributed by atoms with E-state index in [0.29, 0.717) is 0 Å². The molecule has 0 aliphatic heterocycles. The summed E-state index contributed by atoms with van der Waals surface area (Å²) in [5, 5.41) is 1.77. The van der Waals surface area contributed by atoms with Crippen LogP contribution in [-0.4, -0.2) is 31.7 Å². The van der Waals surface area contributed by atoms with Crippen molar-refractivity contribution >= 4 is 29.7 Å². The predicted molar refractivity (Wildman–Crippen MR) is 69.7 cm³/mol. The predicted octanol–water partition coefficient (Wildman–Crippen LogP) is 2.43. The lowest BCUT2D eigenvalue weighted by molar-refractivity contribution is -0.147. The number of carbonyl (C=O) groups is 1. The van der Waals surface area contributed by atoms with E-state index in [4.69, 9.17) is 5.73 Å². The SMILES string of the molecule is COC(=O)C(Cc1cccs1)C(N)C(F)C(F)F.Cl. The Labute approximate surface area is 119 Å². The monoisotopic (exact) mass is 317 g/mol. The van der Waals surface area contributed by atoms with Crippen LogP contribution in [0, 0.1) is 5.92 Å². The summed E-state index contributed by atoms with van der Waals surface area (Å²) in [7, 11) is 1.12. The van der Waals surface area contributed by atoms with E-state index in [1.165, 1.54) is 11.3 Å². The second-order valence-electron chi connectivity index (χ2n) is 3.77. The van der Waals surface area contributed by atoms with Crippen molar-refractivity contribution in [3.05, 3.63) is 22.4 Å². The number of ether oxygens (including phenoxy) is 1. The minimum Gasteiger partial charge on any atom is -0.469 e. The highest BCUT2D eigenvalue weighted by Crippen LogP contribution is 2.22.